The van der Waals surface area contributed by atoms with Crippen LogP contribution in [0.5, 0.6) is 0 Å². The standard InChI is InChI=1S/C15H25N3O/c1-4-10-17-11-9-13-5-7-14(8-6-13)18(12(2)3)15(16)19/h5-8,12,17H,4,9-11H2,1-3H3,(H2,16,19). The van der Waals surface area contributed by atoms with Crippen molar-refractivity contribution in [2.75, 3.05) is 18.0 Å². The predicted molar refractivity (Wildman–Crippen MR) is 80.5 cm³/mol. The molecule has 0 bridgehead atoms. The fraction of sp³-hybridized carbons (Fsp3) is 0.533. The van der Waals surface area contributed by atoms with Gasteiger partial charge in [-0.3, -0.25) is 4.90 Å². The van der Waals surface area contributed by atoms with Gasteiger partial charge in [0.05, 0.1) is 0 Å². The van der Waals surface area contributed by atoms with Gasteiger partial charge in [0.1, 0.15) is 0 Å². The molecule has 4 heteroatoms. The minimum Gasteiger partial charge on any atom is -0.351 e. The van der Waals surface area contributed by atoms with Crippen LogP contribution in [0.2, 0.25) is 0 Å². The van der Waals surface area contributed by atoms with Gasteiger partial charge in [0.2, 0.25) is 0 Å². The van der Waals surface area contributed by atoms with Crippen LogP contribution in [0.3, 0.4) is 0 Å². The van der Waals surface area contributed by atoms with Crippen molar-refractivity contribution < 1.29 is 4.79 Å². The van der Waals surface area contributed by atoms with Gasteiger partial charge >= 0.3 is 6.03 Å². The smallest absolute Gasteiger partial charge is 0.319 e. The molecule has 1 aromatic carbocycles. The molecule has 3 N–H and O–H groups in total. The molecule has 0 aliphatic heterocycles. The fourth-order valence-electron chi connectivity index (χ4n) is 2.04. The quantitative estimate of drug-likeness (QED) is 0.743. The summed E-state index contributed by atoms with van der Waals surface area (Å²) in [7, 11) is 0. The monoisotopic (exact) mass is 263 g/mol. The van der Waals surface area contributed by atoms with E-state index in [2.05, 4.69) is 24.4 Å². The van der Waals surface area contributed by atoms with Gasteiger partial charge in [0.25, 0.3) is 0 Å². The number of urea groups is 1. The number of rotatable bonds is 7. The highest BCUT2D eigenvalue weighted by atomic mass is 16.2. The van der Waals surface area contributed by atoms with Crippen molar-refractivity contribution in [2.24, 2.45) is 5.73 Å². The highest BCUT2D eigenvalue weighted by Gasteiger charge is 2.15. The van der Waals surface area contributed by atoms with Crippen LogP contribution in [0.15, 0.2) is 24.3 Å². The number of nitrogens with zero attached hydrogens (tertiary/aromatic N) is 1. The van der Waals surface area contributed by atoms with Gasteiger partial charge in [-0.1, -0.05) is 19.1 Å². The molecule has 2 amide bonds. The molecule has 1 aromatic rings. The van der Waals surface area contributed by atoms with E-state index in [4.69, 9.17) is 5.73 Å². The number of benzene rings is 1. The van der Waals surface area contributed by atoms with Gasteiger partial charge in [-0.2, -0.15) is 0 Å². The molecule has 106 valence electrons. The van der Waals surface area contributed by atoms with Gasteiger partial charge in [-0.15, -0.1) is 0 Å². The summed E-state index contributed by atoms with van der Waals surface area (Å²) in [6, 6.07) is 7.68. The van der Waals surface area contributed by atoms with E-state index in [-0.39, 0.29) is 6.04 Å². The zero-order valence-corrected chi connectivity index (χ0v) is 12.1. The second-order valence-corrected chi connectivity index (χ2v) is 4.97. The average Bonchev–Trinajstić information content (AvgIpc) is 2.35. The lowest BCUT2D eigenvalue weighted by Crippen LogP contribution is -2.40. The van der Waals surface area contributed by atoms with E-state index in [1.165, 1.54) is 5.56 Å². The third-order valence-corrected chi connectivity index (χ3v) is 2.99. The lowest BCUT2D eigenvalue weighted by molar-refractivity contribution is 0.252. The maximum absolute atomic E-state index is 11.4. The molecule has 1 rings (SSSR count). The summed E-state index contributed by atoms with van der Waals surface area (Å²) in [6.45, 7) is 8.10. The third kappa shape index (κ3) is 4.91. The minimum absolute atomic E-state index is 0.0644. The molecular formula is C15H25N3O. The molecule has 0 saturated carbocycles. The lowest BCUT2D eigenvalue weighted by Gasteiger charge is -2.24. The Kier molecular flexibility index (Phi) is 6.36. The molecule has 0 atom stereocenters. The van der Waals surface area contributed by atoms with Crippen molar-refractivity contribution in [1.29, 1.82) is 0 Å². The number of amides is 2. The van der Waals surface area contributed by atoms with Crippen molar-refractivity contribution in [3.8, 4) is 0 Å². The van der Waals surface area contributed by atoms with E-state index in [0.29, 0.717) is 0 Å². The summed E-state index contributed by atoms with van der Waals surface area (Å²) in [5.41, 5.74) is 7.52. The number of carbonyl (C=O) groups excluding carboxylic acids is 1. The topological polar surface area (TPSA) is 58.4 Å². The molecule has 0 radical (unpaired) electrons. The molecule has 19 heavy (non-hydrogen) atoms. The minimum atomic E-state index is -0.410. The van der Waals surface area contributed by atoms with Crippen LogP contribution in [0.1, 0.15) is 32.8 Å². The maximum Gasteiger partial charge on any atom is 0.319 e. The Balaban J connectivity index is 2.62. The van der Waals surface area contributed by atoms with Gasteiger partial charge in [-0.05, 0) is 57.5 Å². The molecular weight excluding hydrogens is 238 g/mol. The average molecular weight is 263 g/mol. The molecule has 0 aromatic heterocycles. The second kappa shape index (κ2) is 7.79. The summed E-state index contributed by atoms with van der Waals surface area (Å²) in [6.07, 6.45) is 2.15. The van der Waals surface area contributed by atoms with Gasteiger partial charge < -0.3 is 11.1 Å². The van der Waals surface area contributed by atoms with E-state index in [1.807, 2.05) is 26.0 Å². The molecule has 0 spiro atoms. The fourth-order valence-corrected chi connectivity index (χ4v) is 2.04. The summed E-state index contributed by atoms with van der Waals surface area (Å²) < 4.78 is 0. The molecule has 4 nitrogen and oxygen atoms in total. The Hall–Kier alpha value is -1.55. The van der Waals surface area contributed by atoms with E-state index >= 15 is 0 Å². The van der Waals surface area contributed by atoms with Crippen LogP contribution in [-0.2, 0) is 6.42 Å². The number of anilines is 1. The normalized spacial score (nSPS) is 10.7. The van der Waals surface area contributed by atoms with Crippen molar-refractivity contribution in [3.63, 3.8) is 0 Å². The first-order chi connectivity index (χ1) is 9.06. The Morgan fingerprint density at radius 3 is 2.37 bits per heavy atom. The van der Waals surface area contributed by atoms with E-state index < -0.39 is 6.03 Å². The van der Waals surface area contributed by atoms with Gasteiger partial charge in [0.15, 0.2) is 0 Å². The summed E-state index contributed by atoms with van der Waals surface area (Å²) in [5, 5.41) is 3.37. The van der Waals surface area contributed by atoms with Crippen LogP contribution in [0.4, 0.5) is 10.5 Å². The van der Waals surface area contributed by atoms with Crippen molar-refractivity contribution in [2.45, 2.75) is 39.7 Å². The molecule has 0 unspecified atom stereocenters. The Morgan fingerprint density at radius 1 is 1.26 bits per heavy atom. The molecule has 0 aliphatic rings. The maximum atomic E-state index is 11.4. The van der Waals surface area contributed by atoms with Crippen molar-refractivity contribution >= 4 is 11.7 Å². The number of hydrogen-bond donors (Lipinski definition) is 2. The highest BCUT2D eigenvalue weighted by molar-refractivity contribution is 5.91. The summed E-state index contributed by atoms with van der Waals surface area (Å²) >= 11 is 0. The first-order valence-electron chi connectivity index (χ1n) is 6.94. The molecule has 0 saturated heterocycles. The number of primary amides is 1. The number of nitrogens with two attached hydrogens (primary N) is 1. The number of carbonyl (C=O) groups is 1. The van der Waals surface area contributed by atoms with Gasteiger partial charge in [-0.25, -0.2) is 4.79 Å². The van der Waals surface area contributed by atoms with Crippen LogP contribution in [-0.4, -0.2) is 25.2 Å². The highest BCUT2D eigenvalue weighted by Crippen LogP contribution is 2.17. The molecule has 0 heterocycles. The second-order valence-electron chi connectivity index (χ2n) is 4.97. The first-order valence-corrected chi connectivity index (χ1v) is 6.94. The lowest BCUT2D eigenvalue weighted by atomic mass is 10.1. The van der Waals surface area contributed by atoms with Crippen molar-refractivity contribution in [1.82, 2.24) is 5.32 Å². The zero-order chi connectivity index (χ0) is 14.3. The zero-order valence-electron chi connectivity index (χ0n) is 12.1. The van der Waals surface area contributed by atoms with Crippen molar-refractivity contribution in [3.05, 3.63) is 29.8 Å². The van der Waals surface area contributed by atoms with E-state index in [1.54, 1.807) is 4.90 Å². The number of nitrogens with one attached hydrogen (secondary N) is 1. The van der Waals surface area contributed by atoms with E-state index in [0.717, 1.165) is 31.6 Å². The van der Waals surface area contributed by atoms with Crippen LogP contribution in [0, 0.1) is 0 Å². The number of hydrogen-bond acceptors (Lipinski definition) is 2. The summed E-state index contributed by atoms with van der Waals surface area (Å²) in [5.74, 6) is 0. The van der Waals surface area contributed by atoms with Crippen LogP contribution in [0.25, 0.3) is 0 Å². The Labute approximate surface area is 116 Å². The third-order valence-electron chi connectivity index (χ3n) is 2.99. The SMILES string of the molecule is CCCNCCc1ccc(N(C(N)=O)C(C)C)cc1. The molecule has 0 fully saturated rings. The molecule has 0 aliphatic carbocycles. The Bertz CT molecular complexity index is 387. The Morgan fingerprint density at radius 2 is 1.89 bits per heavy atom. The largest absolute Gasteiger partial charge is 0.351 e. The predicted octanol–water partition coefficient (Wildman–Crippen LogP) is 2.52. The van der Waals surface area contributed by atoms with Gasteiger partial charge in [0, 0.05) is 11.7 Å². The van der Waals surface area contributed by atoms with Crippen LogP contribution < -0.4 is 16.0 Å². The van der Waals surface area contributed by atoms with E-state index in [9.17, 15) is 4.79 Å². The van der Waals surface area contributed by atoms with Crippen LogP contribution >= 0.6 is 0 Å². The summed E-state index contributed by atoms with van der Waals surface area (Å²) in [4.78, 5) is 13.0. The first kappa shape index (κ1) is 15.5.